The lowest BCUT2D eigenvalue weighted by atomic mass is 9.80. The van der Waals surface area contributed by atoms with Crippen LogP contribution < -0.4 is 51.7 Å². The molecule has 0 bridgehead atoms. The number of nitrogens with zero attached hydrogens (tertiary/aromatic N) is 17. The number of piperazine rings is 2. The van der Waals surface area contributed by atoms with Crippen LogP contribution in [0.15, 0.2) is 137 Å². The number of hydrogen-bond acceptors (Lipinski definition) is 23. The maximum atomic E-state index is 13.9. The molecule has 0 unspecified atom stereocenters. The van der Waals surface area contributed by atoms with E-state index >= 15 is 0 Å². The highest BCUT2D eigenvalue weighted by Crippen LogP contribution is 2.46. The Morgan fingerprint density at radius 3 is 1.27 bits per heavy atom. The van der Waals surface area contributed by atoms with Gasteiger partial charge < -0.3 is 72.3 Å². The molecule has 139 heavy (non-hydrogen) atoms. The molecule has 8 aliphatic heterocycles. The van der Waals surface area contributed by atoms with E-state index in [-0.39, 0.29) is 84.1 Å². The predicted octanol–water partition coefficient (Wildman–Crippen LogP) is 13.6. The fourth-order valence-corrected chi connectivity index (χ4v) is 21.1. The van der Waals surface area contributed by atoms with Gasteiger partial charge in [-0.2, -0.15) is 0 Å². The van der Waals surface area contributed by atoms with E-state index < -0.39 is 30.3 Å². The Morgan fingerprint density at radius 2 is 0.885 bits per heavy atom. The highest BCUT2D eigenvalue weighted by molar-refractivity contribution is 6.62. The number of carboxylic acids is 2. The first kappa shape index (κ1) is 98.5. The molecule has 0 spiro atoms. The molecule has 33 nitrogen and oxygen atoms in total. The summed E-state index contributed by atoms with van der Waals surface area (Å²) >= 11 is 12.1. The predicted molar refractivity (Wildman–Crippen MR) is 538 cm³/mol. The molecule has 21 rings (SSSR count). The highest BCUT2D eigenvalue weighted by Gasteiger charge is 2.53. The third kappa shape index (κ3) is 19.9. The third-order valence-electron chi connectivity index (χ3n) is 29.0. The lowest BCUT2D eigenvalue weighted by molar-refractivity contribution is -0.0691. The summed E-state index contributed by atoms with van der Waals surface area (Å²) < 4.78 is 32.4. The topological polar surface area (TPSA) is 350 Å². The first-order valence-corrected chi connectivity index (χ1v) is 48.5. The Bertz CT molecular complexity index is 6610. The zero-order chi connectivity index (χ0) is 99.1. The number of carboxylic acid groups (broad SMARTS) is 2. The Hall–Kier alpha value is -12.1. The summed E-state index contributed by atoms with van der Waals surface area (Å²) in [5.41, 5.74) is 14.3. The highest BCUT2D eigenvalue weighted by atomic mass is 35.5. The summed E-state index contributed by atoms with van der Waals surface area (Å²) in [4.78, 5) is 138. The van der Waals surface area contributed by atoms with Crippen molar-refractivity contribution < 1.29 is 57.8 Å². The number of aromatic nitrogens is 10. The molecule has 732 valence electrons. The van der Waals surface area contributed by atoms with Gasteiger partial charge in [0.25, 0.3) is 28.8 Å². The van der Waals surface area contributed by atoms with Crippen molar-refractivity contribution >= 4 is 124 Å². The summed E-state index contributed by atoms with van der Waals surface area (Å²) in [5, 5.41) is 26.7. The van der Waals surface area contributed by atoms with E-state index in [4.69, 9.17) is 42.0 Å². The maximum absolute atomic E-state index is 13.9. The van der Waals surface area contributed by atoms with Crippen LogP contribution in [0, 0.1) is 16.2 Å². The van der Waals surface area contributed by atoms with Crippen LogP contribution in [0.4, 0.5) is 51.8 Å². The van der Waals surface area contributed by atoms with Crippen LogP contribution in [0.5, 0.6) is 0 Å². The molecule has 0 aromatic carbocycles. The van der Waals surface area contributed by atoms with Gasteiger partial charge in [-0.1, -0.05) is 76.4 Å². The number of anilines is 9. The number of amides is 3. The number of aryl methyl sites for hydroxylation is 2. The number of rotatable bonds is 16. The van der Waals surface area contributed by atoms with Gasteiger partial charge in [0.2, 0.25) is 0 Å². The molecule has 18 heterocycles. The van der Waals surface area contributed by atoms with Crippen LogP contribution in [0.2, 0.25) is 10.0 Å². The van der Waals surface area contributed by atoms with Gasteiger partial charge in [0.1, 0.15) is 57.0 Å². The zero-order valence-electron chi connectivity index (χ0n) is 82.2. The van der Waals surface area contributed by atoms with Gasteiger partial charge in [0, 0.05) is 169 Å². The molecule has 2 atom stereocenters. The molecule has 10 aromatic rings. The fraction of sp³-hybridized carbons (Fsp3) is 0.466. The van der Waals surface area contributed by atoms with Gasteiger partial charge >= 0.3 is 19.1 Å². The number of ether oxygens (including phenoxy) is 2. The van der Waals surface area contributed by atoms with Crippen molar-refractivity contribution in [3.05, 3.63) is 226 Å². The lowest BCUT2D eigenvalue weighted by Gasteiger charge is -2.46. The number of pyridine rings is 7. The molecular weight excluding hydrogens is 1810 g/mol. The Labute approximate surface area is 819 Å². The zero-order valence-corrected chi connectivity index (χ0v) is 83.7. The minimum atomic E-state index is -1.21. The molecule has 0 radical (unpaired) electrons. The summed E-state index contributed by atoms with van der Waals surface area (Å²) in [6.45, 7) is 44.4. The average Bonchev–Trinajstić information content (AvgIpc) is 1.62. The van der Waals surface area contributed by atoms with E-state index in [1.807, 2.05) is 83.4 Å². The van der Waals surface area contributed by atoms with Crippen molar-refractivity contribution in [2.45, 2.75) is 197 Å². The third-order valence-corrected chi connectivity index (χ3v) is 29.6. The Balaban J connectivity index is 0.000000131. The van der Waals surface area contributed by atoms with E-state index in [1.165, 1.54) is 78.4 Å². The van der Waals surface area contributed by atoms with Crippen molar-refractivity contribution in [2.75, 3.05) is 120 Å². The monoisotopic (exact) mass is 1930 g/mol. The summed E-state index contributed by atoms with van der Waals surface area (Å²) in [5.74, 6) is -1.36. The largest absolute Gasteiger partial charge is 0.496 e. The number of aromatic carboxylic acids is 2. The molecule has 10 aromatic heterocycles. The molecule has 0 saturated carbocycles. The van der Waals surface area contributed by atoms with Crippen LogP contribution in [-0.2, 0) is 91.0 Å². The summed E-state index contributed by atoms with van der Waals surface area (Å²) in [6.07, 6.45) is 19.9. The standard InChI is InChI=1S/C37H42N8O5.C25H36BN5O4.C18H18ClN3O3.C18H18ClN3O2.C5H10/c1-22-18-42(26-20-50-21-26)9-10-43(22)25-5-6-31(39-17-25)40-28-13-24(19-41(4)34(28)46)27-7-8-38-33(32(27)36(48)49)45-12-11-44-29(35(45)47)14-23-15-37(2,3)16-30(23)44;1-17-13-30(20-15-33-16-20)9-10-31(17)19-7-8-22(27-12-19)28-21-11-18(14-29(6)23(21)32)26-34-24(2,3)25(4,5)35-26;1-18(2)8-10-7-12-16(23)22(6-5-21(12)13(10)9-18)15-14(17(24)25)11(19)3-4-20-15;1-18(2)8-11-7-14-17(24)22(6-5-21(14)15(11)9-18)16-12(10-23)13(19)3-4-20-16;1-4-5(2)3/h5-8,13-14,17,19,22,26H,9-12,15-16,18,20-21H2,1-4H3,(H,39,40)(H,48,49);7-8,11-12,14,17,20H,9-10,13,15-16H2,1-6H3,(H,27,28);3-4,7H,5-6,8-9H2,1-2H3,(H,24,25);3-4,7,10H,5-6,8-9H2,1-2H3;4H,1-3H3/t22-;17-;;;/m00.../s1. The smallest absolute Gasteiger partial charge is 0.478 e. The van der Waals surface area contributed by atoms with Crippen molar-refractivity contribution in [3.8, 4) is 11.1 Å². The summed E-state index contributed by atoms with van der Waals surface area (Å²) in [7, 11) is 2.81. The van der Waals surface area contributed by atoms with Gasteiger partial charge in [0.05, 0.1) is 89.1 Å². The van der Waals surface area contributed by atoms with Crippen LogP contribution in [0.25, 0.3) is 11.1 Å². The number of aldehydes is 1. The van der Waals surface area contributed by atoms with Gasteiger partial charge in [-0.05, 0) is 207 Å². The van der Waals surface area contributed by atoms with Crippen LogP contribution in [0.3, 0.4) is 0 Å². The number of nitrogens with one attached hydrogen (secondary N) is 2. The van der Waals surface area contributed by atoms with Crippen LogP contribution in [-0.4, -0.2) is 232 Å². The molecular formula is C103H124BCl2N19O14. The number of halogens is 2. The SMILES string of the molecule is CC1(C)Cc2cc3n(c2C1)CCN(c1nccc(Cl)c1C(=O)O)C3=O.CC1(C)Cc2cc3n(c2C1)CCN(c1nccc(Cl)c1C=O)C3=O.CC=C(C)C.C[C@H]1CN(C2COC2)CCN1c1ccc(Nc2cc(-c3ccnc(N4CCn5c(cc6c5CC(C)(C)C6)C4=O)c3C(=O)O)cn(C)c2=O)nc1.C[C@H]1CN(C2COC2)CCN1c1ccc(Nc2cc(B3OC(C)(C)C(C)(C)O3)cn(C)c2=O)nc1. The second-order valence-electron chi connectivity index (χ2n) is 41.8. The van der Waals surface area contributed by atoms with E-state index in [1.54, 1.807) is 60.2 Å². The van der Waals surface area contributed by atoms with Gasteiger partial charge in [-0.15, -0.1) is 0 Å². The molecule has 3 aliphatic carbocycles. The molecule has 4 N–H and O–H groups in total. The van der Waals surface area contributed by atoms with Gasteiger partial charge in [-0.25, -0.2) is 34.5 Å². The van der Waals surface area contributed by atoms with E-state index in [2.05, 4.69) is 150 Å². The number of carbonyl (C=O) groups excluding carboxylic acids is 4. The minimum absolute atomic E-state index is 0.0792. The number of allylic oxidation sites excluding steroid dienone is 2. The van der Waals surface area contributed by atoms with Crippen molar-refractivity contribution in [1.29, 1.82) is 0 Å². The molecule has 36 heteroatoms. The van der Waals surface area contributed by atoms with Gasteiger partial charge in [0.15, 0.2) is 17.9 Å². The lowest BCUT2D eigenvalue weighted by Crippen LogP contribution is -2.59. The normalized spacial score (nSPS) is 20.2. The number of hydrogen-bond donors (Lipinski definition) is 4. The average molecular weight is 1930 g/mol. The molecule has 5 saturated heterocycles. The van der Waals surface area contributed by atoms with E-state index in [0.29, 0.717) is 126 Å². The molecule has 11 aliphatic rings. The van der Waals surface area contributed by atoms with Gasteiger partial charge in [-0.3, -0.25) is 53.3 Å². The van der Waals surface area contributed by atoms with Crippen LogP contribution in [0.1, 0.15) is 200 Å². The number of carbonyl (C=O) groups is 6. The maximum Gasteiger partial charge on any atom is 0.496 e. The van der Waals surface area contributed by atoms with E-state index in [9.17, 15) is 48.6 Å². The Morgan fingerprint density at radius 1 is 0.489 bits per heavy atom. The van der Waals surface area contributed by atoms with Crippen LogP contribution >= 0.6 is 23.2 Å². The molecule has 5 fully saturated rings. The van der Waals surface area contributed by atoms with Crippen molar-refractivity contribution in [1.82, 2.24) is 57.6 Å². The first-order valence-electron chi connectivity index (χ1n) is 47.8. The summed E-state index contributed by atoms with van der Waals surface area (Å²) in [6, 6.07) is 23.6. The molecule has 3 amide bonds. The van der Waals surface area contributed by atoms with Crippen molar-refractivity contribution in [2.24, 2.45) is 30.3 Å². The second-order valence-corrected chi connectivity index (χ2v) is 42.6. The van der Waals surface area contributed by atoms with E-state index in [0.717, 1.165) is 121 Å². The fourth-order valence-electron chi connectivity index (χ4n) is 20.7. The number of fused-ring (bicyclic) bond motifs is 9. The first-order chi connectivity index (χ1) is 66.0. The second kappa shape index (κ2) is 38.8. The Kier molecular flexibility index (Phi) is 27.5. The van der Waals surface area contributed by atoms with Crippen molar-refractivity contribution in [3.63, 3.8) is 0 Å². The quantitative estimate of drug-likeness (QED) is 0.0396. The minimum Gasteiger partial charge on any atom is -0.478 e.